The van der Waals surface area contributed by atoms with Crippen molar-refractivity contribution >= 4 is 50.5 Å². The normalized spacial score (nSPS) is 16.4. The molecule has 28 heavy (non-hydrogen) atoms. The molecule has 0 bridgehead atoms. The van der Waals surface area contributed by atoms with Crippen molar-refractivity contribution in [2.45, 2.75) is 6.92 Å². The van der Waals surface area contributed by atoms with Gasteiger partial charge in [0.2, 0.25) is 0 Å². The molecule has 0 atom stereocenters. The minimum Gasteiger partial charge on any atom is -0.494 e. The third-order valence-corrected chi connectivity index (χ3v) is 5.42. The number of carbonyl (C=O) groups excluding carboxylic acids is 1. The highest BCUT2D eigenvalue weighted by atomic mass is 79.9. The van der Waals surface area contributed by atoms with Gasteiger partial charge in [0.25, 0.3) is 5.91 Å². The van der Waals surface area contributed by atoms with E-state index in [-0.39, 0.29) is 5.91 Å². The second-order valence-electron chi connectivity index (χ2n) is 5.64. The lowest BCUT2D eigenvalue weighted by Gasteiger charge is -2.10. The highest BCUT2D eigenvalue weighted by Gasteiger charge is 2.24. The Bertz CT molecular complexity index is 942. The topological polar surface area (TPSA) is 69.2 Å². The summed E-state index contributed by atoms with van der Waals surface area (Å²) in [5.74, 6) is 1.78. The van der Waals surface area contributed by atoms with Crippen molar-refractivity contribution in [3.8, 4) is 17.2 Å². The monoisotopic (exact) mass is 462 g/mol. The minimum absolute atomic E-state index is 0.198. The highest BCUT2D eigenvalue weighted by molar-refractivity contribution is 9.10. The number of amidine groups is 1. The number of thioether (sulfide) groups is 1. The molecule has 0 spiro atoms. The summed E-state index contributed by atoms with van der Waals surface area (Å²) in [5.41, 5.74) is 1.54. The van der Waals surface area contributed by atoms with Crippen molar-refractivity contribution in [2.24, 2.45) is 4.99 Å². The van der Waals surface area contributed by atoms with Crippen LogP contribution in [-0.2, 0) is 4.79 Å². The van der Waals surface area contributed by atoms with Crippen LogP contribution in [0.25, 0.3) is 6.08 Å². The molecule has 1 aliphatic rings. The van der Waals surface area contributed by atoms with Crippen LogP contribution >= 0.6 is 27.7 Å². The Morgan fingerprint density at radius 3 is 2.46 bits per heavy atom. The molecular weight excluding hydrogens is 444 g/mol. The van der Waals surface area contributed by atoms with Gasteiger partial charge in [0, 0.05) is 4.47 Å². The number of hydrogen-bond donors (Lipinski definition) is 1. The molecule has 0 unspecified atom stereocenters. The van der Waals surface area contributed by atoms with Gasteiger partial charge < -0.3 is 19.5 Å². The van der Waals surface area contributed by atoms with Crippen LogP contribution in [0.15, 0.2) is 50.8 Å². The summed E-state index contributed by atoms with van der Waals surface area (Å²) >= 11 is 4.78. The first kappa shape index (κ1) is 20.3. The van der Waals surface area contributed by atoms with E-state index in [9.17, 15) is 4.79 Å². The molecule has 0 aliphatic carbocycles. The molecule has 2 aromatic carbocycles. The molecule has 2 aromatic rings. The average Bonchev–Trinajstić information content (AvgIpc) is 3.03. The number of benzene rings is 2. The molecule has 1 heterocycles. The Morgan fingerprint density at radius 2 is 1.82 bits per heavy atom. The molecule has 8 heteroatoms. The highest BCUT2D eigenvalue weighted by Crippen LogP contribution is 2.36. The summed E-state index contributed by atoms with van der Waals surface area (Å²) in [6.07, 6.45) is 1.78. The summed E-state index contributed by atoms with van der Waals surface area (Å²) in [6, 6.07) is 11.0. The van der Waals surface area contributed by atoms with E-state index >= 15 is 0 Å². The summed E-state index contributed by atoms with van der Waals surface area (Å²) in [5, 5.41) is 3.31. The maximum Gasteiger partial charge on any atom is 0.264 e. The Balaban J connectivity index is 1.82. The van der Waals surface area contributed by atoms with Crippen LogP contribution < -0.4 is 19.5 Å². The quantitative estimate of drug-likeness (QED) is 0.626. The Morgan fingerprint density at radius 1 is 1.14 bits per heavy atom. The van der Waals surface area contributed by atoms with Crippen LogP contribution in [0.3, 0.4) is 0 Å². The van der Waals surface area contributed by atoms with E-state index in [4.69, 9.17) is 14.2 Å². The molecule has 1 N–H and O–H groups in total. The van der Waals surface area contributed by atoms with Gasteiger partial charge in [0.1, 0.15) is 5.75 Å². The molecular formula is C20H19BrN2O4S. The summed E-state index contributed by atoms with van der Waals surface area (Å²) in [6.45, 7) is 2.54. The van der Waals surface area contributed by atoms with Crippen LogP contribution in [0, 0.1) is 0 Å². The second kappa shape index (κ2) is 9.16. The third kappa shape index (κ3) is 4.69. The molecule has 1 aliphatic heterocycles. The third-order valence-electron chi connectivity index (χ3n) is 3.82. The van der Waals surface area contributed by atoms with E-state index in [1.807, 2.05) is 37.3 Å². The van der Waals surface area contributed by atoms with Crippen LogP contribution in [0.5, 0.6) is 17.2 Å². The molecule has 0 radical (unpaired) electrons. The molecule has 0 saturated carbocycles. The number of carbonyl (C=O) groups is 1. The second-order valence-corrected chi connectivity index (χ2v) is 7.52. The van der Waals surface area contributed by atoms with Crippen molar-refractivity contribution < 1.29 is 19.0 Å². The number of nitrogens with zero attached hydrogens (tertiary/aromatic N) is 1. The SMILES string of the molecule is CCOc1ccc(N=C2NC(=O)/C(=C\c3cc(OC)c(OC)cc3Br)S2)cc1. The molecule has 1 fully saturated rings. The number of halogens is 1. The van der Waals surface area contributed by atoms with E-state index in [0.29, 0.717) is 28.2 Å². The number of aliphatic imine (C=N–C) groups is 1. The van der Waals surface area contributed by atoms with E-state index < -0.39 is 0 Å². The van der Waals surface area contributed by atoms with Gasteiger partial charge in [-0.1, -0.05) is 15.9 Å². The average molecular weight is 463 g/mol. The van der Waals surface area contributed by atoms with Gasteiger partial charge in [-0.2, -0.15) is 0 Å². The molecule has 3 rings (SSSR count). The maximum absolute atomic E-state index is 12.3. The first-order valence-electron chi connectivity index (χ1n) is 8.48. The van der Waals surface area contributed by atoms with Crippen LogP contribution in [0.4, 0.5) is 5.69 Å². The van der Waals surface area contributed by atoms with Gasteiger partial charge in [0.15, 0.2) is 16.7 Å². The summed E-state index contributed by atoms with van der Waals surface area (Å²) < 4.78 is 16.8. The maximum atomic E-state index is 12.3. The first-order valence-corrected chi connectivity index (χ1v) is 10.1. The van der Waals surface area contributed by atoms with E-state index in [0.717, 1.165) is 21.5 Å². The van der Waals surface area contributed by atoms with Crippen LogP contribution in [0.2, 0.25) is 0 Å². The Kier molecular flexibility index (Phi) is 6.64. The van der Waals surface area contributed by atoms with Gasteiger partial charge in [-0.3, -0.25) is 4.79 Å². The van der Waals surface area contributed by atoms with E-state index in [2.05, 4.69) is 26.2 Å². The fourth-order valence-electron chi connectivity index (χ4n) is 2.50. The Labute approximate surface area is 176 Å². The lowest BCUT2D eigenvalue weighted by atomic mass is 10.2. The van der Waals surface area contributed by atoms with Gasteiger partial charge in [0.05, 0.1) is 31.4 Å². The minimum atomic E-state index is -0.198. The zero-order valence-electron chi connectivity index (χ0n) is 15.6. The predicted octanol–water partition coefficient (Wildman–Crippen LogP) is 4.76. The van der Waals surface area contributed by atoms with Crippen molar-refractivity contribution in [1.29, 1.82) is 0 Å². The van der Waals surface area contributed by atoms with Crippen LogP contribution in [0.1, 0.15) is 12.5 Å². The lowest BCUT2D eigenvalue weighted by Crippen LogP contribution is -2.19. The number of amides is 1. The largest absolute Gasteiger partial charge is 0.494 e. The standard InChI is InChI=1S/C20H19BrN2O4S/c1-4-27-14-7-5-13(6-8-14)22-20-23-19(24)18(28-20)10-12-9-16(25-2)17(26-3)11-15(12)21/h5-11H,4H2,1-3H3,(H,22,23,24)/b18-10+. The van der Waals surface area contributed by atoms with Crippen molar-refractivity contribution in [1.82, 2.24) is 5.32 Å². The summed E-state index contributed by atoms with van der Waals surface area (Å²) in [7, 11) is 3.15. The molecule has 0 aromatic heterocycles. The predicted molar refractivity (Wildman–Crippen MR) is 116 cm³/mol. The van der Waals surface area contributed by atoms with Gasteiger partial charge >= 0.3 is 0 Å². The molecule has 6 nitrogen and oxygen atoms in total. The van der Waals surface area contributed by atoms with Gasteiger partial charge in [-0.05, 0) is 66.7 Å². The van der Waals surface area contributed by atoms with Gasteiger partial charge in [-0.25, -0.2) is 4.99 Å². The zero-order valence-corrected chi connectivity index (χ0v) is 18.0. The first-order chi connectivity index (χ1) is 13.5. The molecule has 1 saturated heterocycles. The Hall–Kier alpha value is -2.45. The van der Waals surface area contributed by atoms with Crippen molar-refractivity contribution in [3.63, 3.8) is 0 Å². The number of ether oxygens (including phenoxy) is 3. The van der Waals surface area contributed by atoms with Crippen molar-refractivity contribution in [3.05, 3.63) is 51.3 Å². The van der Waals surface area contributed by atoms with E-state index in [1.165, 1.54) is 11.8 Å². The fourth-order valence-corrected chi connectivity index (χ4v) is 3.77. The van der Waals surface area contributed by atoms with Crippen molar-refractivity contribution in [2.75, 3.05) is 20.8 Å². The number of methoxy groups -OCH3 is 2. The lowest BCUT2D eigenvalue weighted by molar-refractivity contribution is -0.115. The number of rotatable bonds is 6. The van der Waals surface area contributed by atoms with Crippen LogP contribution in [-0.4, -0.2) is 31.9 Å². The summed E-state index contributed by atoms with van der Waals surface area (Å²) in [4.78, 5) is 17.4. The zero-order chi connectivity index (χ0) is 20.1. The molecule has 1 amide bonds. The fraction of sp³-hybridized carbons (Fsp3) is 0.200. The number of hydrogen-bond acceptors (Lipinski definition) is 6. The number of nitrogens with one attached hydrogen (secondary N) is 1. The smallest absolute Gasteiger partial charge is 0.264 e. The van der Waals surface area contributed by atoms with Gasteiger partial charge in [-0.15, -0.1) is 0 Å². The molecule has 146 valence electrons. The van der Waals surface area contributed by atoms with E-state index in [1.54, 1.807) is 26.4 Å².